The van der Waals surface area contributed by atoms with Crippen molar-refractivity contribution >= 4 is 22.7 Å². The highest BCUT2D eigenvalue weighted by Crippen LogP contribution is 2.22. The molecule has 0 saturated carbocycles. The second-order valence-corrected chi connectivity index (χ2v) is 6.88. The third-order valence-electron chi connectivity index (χ3n) is 3.04. The Hall–Kier alpha value is -0.750. The number of aromatic nitrogens is 1. The van der Waals surface area contributed by atoms with E-state index in [0.717, 1.165) is 19.5 Å². The third kappa shape index (κ3) is 4.11. The fourth-order valence-corrected chi connectivity index (χ4v) is 3.70. The van der Waals surface area contributed by atoms with Gasteiger partial charge in [-0.25, -0.2) is 4.98 Å². The summed E-state index contributed by atoms with van der Waals surface area (Å²) in [7, 11) is 4.27. The molecule has 0 amide bonds. The molecule has 0 radical (unpaired) electrons. The molecule has 0 aliphatic carbocycles. The number of thiazole rings is 1. The molecular formula is C14H21N3S2. The van der Waals surface area contributed by atoms with Crippen molar-refractivity contribution in [3.63, 3.8) is 0 Å². The second-order valence-electron chi connectivity index (χ2n) is 4.70. The molecule has 0 fully saturated rings. The average molecular weight is 295 g/mol. The molecule has 0 aromatic carbocycles. The van der Waals surface area contributed by atoms with Crippen molar-refractivity contribution in [1.29, 1.82) is 0 Å². The molecule has 2 rings (SSSR count). The predicted octanol–water partition coefficient (Wildman–Crippen LogP) is 3.16. The van der Waals surface area contributed by atoms with Crippen LogP contribution in [0.1, 0.15) is 27.7 Å². The van der Waals surface area contributed by atoms with Gasteiger partial charge in [-0.2, -0.15) is 0 Å². The minimum Gasteiger partial charge on any atom is -0.310 e. The summed E-state index contributed by atoms with van der Waals surface area (Å²) in [5.41, 5.74) is 0. The van der Waals surface area contributed by atoms with Crippen LogP contribution >= 0.6 is 22.7 Å². The van der Waals surface area contributed by atoms with Crippen LogP contribution in [-0.2, 0) is 13.0 Å². The van der Waals surface area contributed by atoms with Crippen molar-refractivity contribution in [1.82, 2.24) is 15.2 Å². The Labute approximate surface area is 123 Å². The topological polar surface area (TPSA) is 28.2 Å². The average Bonchev–Trinajstić information content (AvgIpc) is 3.05. The summed E-state index contributed by atoms with van der Waals surface area (Å²) < 4.78 is 0. The van der Waals surface area contributed by atoms with E-state index >= 15 is 0 Å². The molecule has 0 spiro atoms. The zero-order chi connectivity index (χ0) is 13.7. The van der Waals surface area contributed by atoms with E-state index in [1.165, 1.54) is 14.8 Å². The van der Waals surface area contributed by atoms with Gasteiger partial charge in [0.25, 0.3) is 0 Å². The maximum absolute atomic E-state index is 4.39. The number of nitrogens with one attached hydrogen (secondary N) is 1. The van der Waals surface area contributed by atoms with E-state index in [1.807, 2.05) is 17.5 Å². The van der Waals surface area contributed by atoms with Crippen molar-refractivity contribution in [2.45, 2.75) is 25.9 Å². The molecule has 5 heteroatoms. The molecule has 2 heterocycles. The van der Waals surface area contributed by atoms with E-state index in [4.69, 9.17) is 0 Å². The van der Waals surface area contributed by atoms with Crippen molar-refractivity contribution in [3.05, 3.63) is 38.5 Å². The Bertz CT molecular complexity index is 477. The van der Waals surface area contributed by atoms with Gasteiger partial charge in [-0.05, 0) is 32.0 Å². The number of rotatable bonds is 7. The first-order valence-corrected chi connectivity index (χ1v) is 8.24. The van der Waals surface area contributed by atoms with Crippen LogP contribution < -0.4 is 5.32 Å². The molecule has 1 atom stereocenters. The van der Waals surface area contributed by atoms with E-state index in [9.17, 15) is 0 Å². The molecule has 19 heavy (non-hydrogen) atoms. The van der Waals surface area contributed by atoms with Crippen LogP contribution in [0.3, 0.4) is 0 Å². The monoisotopic (exact) mass is 295 g/mol. The second kappa shape index (κ2) is 7.14. The first-order chi connectivity index (χ1) is 9.20. The van der Waals surface area contributed by atoms with Crippen LogP contribution in [0.15, 0.2) is 23.7 Å². The van der Waals surface area contributed by atoms with Gasteiger partial charge in [0.2, 0.25) is 0 Å². The fourth-order valence-electron chi connectivity index (χ4n) is 1.94. The van der Waals surface area contributed by atoms with E-state index in [0.29, 0.717) is 6.04 Å². The van der Waals surface area contributed by atoms with Crippen LogP contribution in [0, 0.1) is 0 Å². The number of hydrogen-bond donors (Lipinski definition) is 1. The molecule has 0 aliphatic heterocycles. The Kier molecular flexibility index (Phi) is 5.51. The van der Waals surface area contributed by atoms with Crippen molar-refractivity contribution in [2.24, 2.45) is 0 Å². The third-order valence-corrected chi connectivity index (χ3v) is 5.15. The molecule has 1 unspecified atom stereocenters. The number of thiophene rings is 1. The van der Waals surface area contributed by atoms with E-state index < -0.39 is 0 Å². The van der Waals surface area contributed by atoms with Crippen LogP contribution in [0.5, 0.6) is 0 Å². The highest BCUT2D eigenvalue weighted by Gasteiger charge is 2.14. The normalized spacial score (nSPS) is 13.1. The van der Waals surface area contributed by atoms with E-state index in [1.54, 1.807) is 11.3 Å². The Morgan fingerprint density at radius 3 is 2.84 bits per heavy atom. The molecule has 0 bridgehead atoms. The molecule has 2 aromatic heterocycles. The van der Waals surface area contributed by atoms with Gasteiger partial charge in [-0.3, -0.25) is 0 Å². The number of hydrogen-bond acceptors (Lipinski definition) is 5. The molecule has 0 saturated heterocycles. The molecule has 1 N–H and O–H groups in total. The predicted molar refractivity (Wildman–Crippen MR) is 83.9 cm³/mol. The van der Waals surface area contributed by atoms with Gasteiger partial charge in [0.15, 0.2) is 0 Å². The van der Waals surface area contributed by atoms with Crippen LogP contribution in [0.25, 0.3) is 0 Å². The number of nitrogens with zero attached hydrogens (tertiary/aromatic N) is 2. The largest absolute Gasteiger partial charge is 0.310 e. The number of aryl methyl sites for hydroxylation is 1. The summed E-state index contributed by atoms with van der Waals surface area (Å²) in [4.78, 5) is 9.39. The van der Waals surface area contributed by atoms with Gasteiger partial charge in [-0.1, -0.05) is 13.0 Å². The summed E-state index contributed by atoms with van der Waals surface area (Å²) in [5, 5.41) is 6.91. The maximum atomic E-state index is 4.39. The van der Waals surface area contributed by atoms with Crippen LogP contribution in [-0.4, -0.2) is 30.5 Å². The zero-order valence-electron chi connectivity index (χ0n) is 11.7. The quantitative estimate of drug-likeness (QED) is 0.850. The van der Waals surface area contributed by atoms with Crippen LogP contribution in [0.2, 0.25) is 0 Å². The van der Waals surface area contributed by atoms with E-state index in [2.05, 4.69) is 53.7 Å². The molecule has 2 aromatic rings. The van der Waals surface area contributed by atoms with Crippen LogP contribution in [0.4, 0.5) is 0 Å². The maximum Gasteiger partial charge on any atom is 0.0925 e. The lowest BCUT2D eigenvalue weighted by atomic mass is 10.2. The summed E-state index contributed by atoms with van der Waals surface area (Å²) in [6.45, 7) is 4.02. The highest BCUT2D eigenvalue weighted by atomic mass is 32.1. The van der Waals surface area contributed by atoms with Crippen molar-refractivity contribution in [3.8, 4) is 0 Å². The summed E-state index contributed by atoms with van der Waals surface area (Å²) in [6, 6.07) is 4.77. The Morgan fingerprint density at radius 2 is 2.26 bits per heavy atom. The molecule has 104 valence electrons. The lowest BCUT2D eigenvalue weighted by molar-refractivity contribution is 0.292. The van der Waals surface area contributed by atoms with E-state index in [-0.39, 0.29) is 0 Å². The first kappa shape index (κ1) is 14.7. The minimum absolute atomic E-state index is 0.443. The molecule has 3 nitrogen and oxygen atoms in total. The van der Waals surface area contributed by atoms with Crippen molar-refractivity contribution in [2.75, 3.05) is 20.6 Å². The molecule has 0 aliphatic rings. The first-order valence-electron chi connectivity index (χ1n) is 6.54. The zero-order valence-corrected chi connectivity index (χ0v) is 13.4. The smallest absolute Gasteiger partial charge is 0.0925 e. The lowest BCUT2D eigenvalue weighted by Crippen LogP contribution is -2.30. The summed E-state index contributed by atoms with van der Waals surface area (Å²) in [5.74, 6) is 0. The Morgan fingerprint density at radius 1 is 1.42 bits per heavy atom. The minimum atomic E-state index is 0.443. The Balaban J connectivity index is 1.86. The summed E-state index contributed by atoms with van der Waals surface area (Å²) >= 11 is 3.63. The highest BCUT2D eigenvalue weighted by molar-refractivity contribution is 7.11. The van der Waals surface area contributed by atoms with Gasteiger partial charge < -0.3 is 10.2 Å². The lowest BCUT2D eigenvalue weighted by Gasteiger charge is -2.23. The number of likely N-dealkylation sites (N-methyl/N-ethyl adjacent to an activating group) is 1. The van der Waals surface area contributed by atoms with Crippen molar-refractivity contribution < 1.29 is 0 Å². The standard InChI is InChI=1S/C14H21N3S2/c1-4-14-16-9-11(19-14)8-15-10-12(17(2)3)13-6-5-7-18-13/h5-7,9,12,15H,4,8,10H2,1-3H3. The van der Waals surface area contributed by atoms with Gasteiger partial charge in [0.05, 0.1) is 11.0 Å². The van der Waals surface area contributed by atoms with Gasteiger partial charge in [0, 0.05) is 29.0 Å². The molecular weight excluding hydrogens is 274 g/mol. The van der Waals surface area contributed by atoms with Gasteiger partial charge in [-0.15, -0.1) is 22.7 Å². The SMILES string of the molecule is CCc1ncc(CNCC(c2cccs2)N(C)C)s1. The van der Waals surface area contributed by atoms with Gasteiger partial charge in [0.1, 0.15) is 0 Å². The summed E-state index contributed by atoms with van der Waals surface area (Å²) in [6.07, 6.45) is 3.02. The van der Waals surface area contributed by atoms with Gasteiger partial charge >= 0.3 is 0 Å². The fraction of sp³-hybridized carbons (Fsp3) is 0.500.